The second kappa shape index (κ2) is 5.11. The summed E-state index contributed by atoms with van der Waals surface area (Å²) < 4.78 is 0. The Morgan fingerprint density at radius 1 is 1.11 bits per heavy atom. The van der Waals surface area contributed by atoms with E-state index in [1.807, 2.05) is 0 Å². The molecule has 1 fully saturated rings. The van der Waals surface area contributed by atoms with Crippen molar-refractivity contribution in [2.45, 2.75) is 37.5 Å². The zero-order valence-electron chi connectivity index (χ0n) is 10.4. The van der Waals surface area contributed by atoms with E-state index < -0.39 is 0 Å². The molecule has 0 saturated heterocycles. The molecule has 18 heavy (non-hydrogen) atoms. The normalized spacial score (nSPS) is 24.0. The number of rotatable bonds is 2. The maximum atomic E-state index is 5.74. The largest absolute Gasteiger partial charge is 0.375 e. The van der Waals surface area contributed by atoms with Gasteiger partial charge in [-0.25, -0.2) is 4.98 Å². The van der Waals surface area contributed by atoms with Gasteiger partial charge in [-0.05, 0) is 30.7 Å². The van der Waals surface area contributed by atoms with Gasteiger partial charge in [-0.15, -0.1) is 11.3 Å². The van der Waals surface area contributed by atoms with Crippen LogP contribution < -0.4 is 5.73 Å². The van der Waals surface area contributed by atoms with E-state index in [0.29, 0.717) is 17.0 Å². The summed E-state index contributed by atoms with van der Waals surface area (Å²) >= 11 is 1.56. The van der Waals surface area contributed by atoms with Crippen LogP contribution in [-0.2, 0) is 0 Å². The molecule has 1 saturated carbocycles. The van der Waals surface area contributed by atoms with Crippen LogP contribution in [0.4, 0.5) is 5.13 Å². The lowest BCUT2D eigenvalue weighted by Gasteiger charge is -2.28. The molecule has 1 aliphatic carbocycles. The van der Waals surface area contributed by atoms with Gasteiger partial charge >= 0.3 is 0 Å². The molecule has 0 radical (unpaired) electrons. The summed E-state index contributed by atoms with van der Waals surface area (Å²) in [5.41, 5.74) is 8.42. The van der Waals surface area contributed by atoms with Crippen LogP contribution in [0.3, 0.4) is 0 Å². The maximum absolute atomic E-state index is 5.74. The molecule has 0 unspecified atom stereocenters. The molecule has 0 amide bonds. The van der Waals surface area contributed by atoms with Crippen molar-refractivity contribution in [2.24, 2.45) is 0 Å². The number of benzene rings is 1. The third-order valence-corrected chi connectivity index (χ3v) is 4.60. The molecule has 2 aromatic rings. The maximum Gasteiger partial charge on any atom is 0.180 e. The fourth-order valence-corrected chi connectivity index (χ4v) is 3.62. The Morgan fingerprint density at radius 2 is 1.89 bits per heavy atom. The van der Waals surface area contributed by atoms with Gasteiger partial charge in [0.1, 0.15) is 0 Å². The van der Waals surface area contributed by atoms with Gasteiger partial charge in [0, 0.05) is 11.3 Å². The molecule has 3 rings (SSSR count). The lowest BCUT2D eigenvalue weighted by Crippen LogP contribution is -2.13. The van der Waals surface area contributed by atoms with E-state index in [9.17, 15) is 0 Å². The van der Waals surface area contributed by atoms with Gasteiger partial charge in [-0.2, -0.15) is 0 Å². The third-order valence-electron chi connectivity index (χ3n) is 3.90. The summed E-state index contributed by atoms with van der Waals surface area (Å²) in [7, 11) is 0. The van der Waals surface area contributed by atoms with Crippen LogP contribution in [0.2, 0.25) is 0 Å². The number of nitrogens with zero attached hydrogens (tertiary/aromatic N) is 1. The molecule has 0 spiro atoms. The van der Waals surface area contributed by atoms with E-state index >= 15 is 0 Å². The van der Waals surface area contributed by atoms with Crippen LogP contribution in [0, 0.1) is 0 Å². The molecular formula is C15H18N2S. The first-order chi connectivity index (χ1) is 8.83. The minimum absolute atomic E-state index is 0.595. The first-order valence-corrected chi connectivity index (χ1v) is 7.47. The monoisotopic (exact) mass is 258 g/mol. The number of nitrogens with two attached hydrogens (primary N) is 1. The van der Waals surface area contributed by atoms with Crippen molar-refractivity contribution < 1.29 is 0 Å². The van der Waals surface area contributed by atoms with Gasteiger partial charge in [0.05, 0.1) is 5.69 Å². The van der Waals surface area contributed by atoms with Crippen LogP contribution in [0.15, 0.2) is 35.7 Å². The highest BCUT2D eigenvalue weighted by Crippen LogP contribution is 2.41. The number of aromatic nitrogens is 1. The topological polar surface area (TPSA) is 38.9 Å². The fraction of sp³-hybridized carbons (Fsp3) is 0.400. The Balaban J connectivity index is 1.76. The third kappa shape index (κ3) is 2.41. The summed E-state index contributed by atoms with van der Waals surface area (Å²) in [6.45, 7) is 0. The Hall–Kier alpha value is -1.35. The molecule has 2 nitrogen and oxygen atoms in total. The van der Waals surface area contributed by atoms with Crippen molar-refractivity contribution >= 4 is 16.5 Å². The molecule has 0 aliphatic heterocycles. The predicted molar refractivity (Wildman–Crippen MR) is 76.9 cm³/mol. The van der Waals surface area contributed by atoms with Gasteiger partial charge in [0.15, 0.2) is 5.13 Å². The standard InChI is InChI=1S/C15H18N2S/c16-15-17-14(10-18-15)13-8-4-7-12(9-13)11-5-2-1-3-6-11/h1-3,5-6,10,12-13H,4,7-9H2,(H2,16,17)/t12-,13+/m1/s1. The van der Waals surface area contributed by atoms with Crippen LogP contribution in [0.25, 0.3) is 0 Å². The van der Waals surface area contributed by atoms with E-state index in [-0.39, 0.29) is 0 Å². The highest BCUT2D eigenvalue weighted by atomic mass is 32.1. The first kappa shape index (κ1) is 11.7. The van der Waals surface area contributed by atoms with Gasteiger partial charge in [0.25, 0.3) is 0 Å². The van der Waals surface area contributed by atoms with Crippen molar-refractivity contribution in [3.05, 3.63) is 47.0 Å². The molecule has 2 atom stereocenters. The summed E-state index contributed by atoms with van der Waals surface area (Å²) in [5.74, 6) is 1.28. The minimum atomic E-state index is 0.595. The van der Waals surface area contributed by atoms with Crippen molar-refractivity contribution in [3.63, 3.8) is 0 Å². The molecular weight excluding hydrogens is 240 g/mol. The second-order valence-electron chi connectivity index (χ2n) is 5.08. The number of nitrogen functional groups attached to an aromatic ring is 1. The van der Waals surface area contributed by atoms with Crippen LogP contribution in [0.1, 0.15) is 48.8 Å². The van der Waals surface area contributed by atoms with E-state index in [0.717, 1.165) is 0 Å². The molecule has 94 valence electrons. The van der Waals surface area contributed by atoms with E-state index in [4.69, 9.17) is 5.73 Å². The lowest BCUT2D eigenvalue weighted by molar-refractivity contribution is 0.390. The average Bonchev–Trinajstić information content (AvgIpc) is 2.87. The van der Waals surface area contributed by atoms with Gasteiger partial charge in [0.2, 0.25) is 0 Å². The van der Waals surface area contributed by atoms with Crippen molar-refractivity contribution in [1.82, 2.24) is 4.98 Å². The van der Waals surface area contributed by atoms with Crippen LogP contribution >= 0.6 is 11.3 Å². The molecule has 1 aromatic heterocycles. The van der Waals surface area contributed by atoms with Gasteiger partial charge in [-0.3, -0.25) is 0 Å². The molecule has 3 heteroatoms. The van der Waals surface area contributed by atoms with Crippen LogP contribution in [0.5, 0.6) is 0 Å². The van der Waals surface area contributed by atoms with E-state index in [1.165, 1.54) is 36.9 Å². The smallest absolute Gasteiger partial charge is 0.180 e. The fourth-order valence-electron chi connectivity index (χ4n) is 2.97. The van der Waals surface area contributed by atoms with Gasteiger partial charge in [-0.1, -0.05) is 36.8 Å². The Bertz CT molecular complexity index is 506. The van der Waals surface area contributed by atoms with Gasteiger partial charge < -0.3 is 5.73 Å². The summed E-state index contributed by atoms with van der Waals surface area (Å²) in [4.78, 5) is 4.46. The zero-order chi connectivity index (χ0) is 12.4. The minimum Gasteiger partial charge on any atom is -0.375 e. The summed E-state index contributed by atoms with van der Waals surface area (Å²) in [6.07, 6.45) is 5.07. The molecule has 1 aliphatic rings. The Labute approximate surface area is 112 Å². The molecule has 0 bridgehead atoms. The zero-order valence-corrected chi connectivity index (χ0v) is 11.2. The Kier molecular flexibility index (Phi) is 3.33. The van der Waals surface area contributed by atoms with Crippen molar-refractivity contribution in [3.8, 4) is 0 Å². The highest BCUT2D eigenvalue weighted by Gasteiger charge is 2.25. The number of hydrogen-bond donors (Lipinski definition) is 1. The highest BCUT2D eigenvalue weighted by molar-refractivity contribution is 7.13. The molecule has 1 aromatic carbocycles. The summed E-state index contributed by atoms with van der Waals surface area (Å²) in [6, 6.07) is 10.9. The molecule has 1 heterocycles. The quantitative estimate of drug-likeness (QED) is 0.878. The molecule has 2 N–H and O–H groups in total. The number of thiazole rings is 1. The second-order valence-corrected chi connectivity index (χ2v) is 5.97. The lowest BCUT2D eigenvalue weighted by atomic mass is 9.77. The number of anilines is 1. The Morgan fingerprint density at radius 3 is 2.61 bits per heavy atom. The van der Waals surface area contributed by atoms with Crippen molar-refractivity contribution in [2.75, 3.05) is 5.73 Å². The summed E-state index contributed by atoms with van der Waals surface area (Å²) in [5, 5.41) is 2.83. The SMILES string of the molecule is Nc1nc([C@H]2CCC[C@@H](c3ccccc3)C2)cs1. The van der Waals surface area contributed by atoms with E-state index in [1.54, 1.807) is 11.3 Å². The average molecular weight is 258 g/mol. The predicted octanol–water partition coefficient (Wildman–Crippen LogP) is 4.17. The first-order valence-electron chi connectivity index (χ1n) is 6.59. The van der Waals surface area contributed by atoms with Crippen molar-refractivity contribution in [1.29, 1.82) is 0 Å². The van der Waals surface area contributed by atoms with Crippen LogP contribution in [-0.4, -0.2) is 4.98 Å². The van der Waals surface area contributed by atoms with E-state index in [2.05, 4.69) is 40.7 Å². The number of hydrogen-bond acceptors (Lipinski definition) is 3.